The van der Waals surface area contributed by atoms with Crippen molar-refractivity contribution in [2.75, 3.05) is 18.8 Å². The van der Waals surface area contributed by atoms with Gasteiger partial charge in [-0.05, 0) is 38.1 Å². The second-order valence-corrected chi connectivity index (χ2v) is 4.70. The monoisotopic (exact) mass is 223 g/mol. The number of hydrogen-bond donors (Lipinski definition) is 2. The third-order valence-corrected chi connectivity index (χ3v) is 2.31. The SMILES string of the molecule is CCN(Cc1ccnc(N)c1)CC(C)(C)O. The van der Waals surface area contributed by atoms with E-state index in [0.29, 0.717) is 12.4 Å². The predicted octanol–water partition coefficient (Wildman–Crippen LogP) is 1.26. The molecule has 0 aliphatic heterocycles. The summed E-state index contributed by atoms with van der Waals surface area (Å²) in [6.45, 7) is 8.04. The van der Waals surface area contributed by atoms with Gasteiger partial charge in [0.2, 0.25) is 0 Å². The van der Waals surface area contributed by atoms with E-state index in [1.54, 1.807) is 6.20 Å². The summed E-state index contributed by atoms with van der Waals surface area (Å²) in [4.78, 5) is 6.13. The molecule has 1 aromatic heterocycles. The maximum atomic E-state index is 9.77. The Hall–Kier alpha value is -1.13. The third kappa shape index (κ3) is 4.59. The van der Waals surface area contributed by atoms with E-state index in [0.717, 1.165) is 18.7 Å². The zero-order valence-corrected chi connectivity index (χ0v) is 10.3. The summed E-state index contributed by atoms with van der Waals surface area (Å²) in [6.07, 6.45) is 1.71. The van der Waals surface area contributed by atoms with E-state index in [1.165, 1.54) is 0 Å². The molecule has 0 aromatic carbocycles. The van der Waals surface area contributed by atoms with Gasteiger partial charge in [-0.2, -0.15) is 0 Å². The number of anilines is 1. The zero-order valence-electron chi connectivity index (χ0n) is 10.3. The van der Waals surface area contributed by atoms with Crippen molar-refractivity contribution in [3.63, 3.8) is 0 Å². The molecular weight excluding hydrogens is 202 g/mol. The lowest BCUT2D eigenvalue weighted by Gasteiger charge is -2.27. The van der Waals surface area contributed by atoms with E-state index in [4.69, 9.17) is 5.73 Å². The van der Waals surface area contributed by atoms with Crippen LogP contribution in [0.25, 0.3) is 0 Å². The molecule has 0 saturated heterocycles. The highest BCUT2D eigenvalue weighted by Gasteiger charge is 2.17. The van der Waals surface area contributed by atoms with Crippen LogP contribution in [0.15, 0.2) is 18.3 Å². The molecule has 0 saturated carbocycles. The molecule has 0 aliphatic rings. The van der Waals surface area contributed by atoms with E-state index >= 15 is 0 Å². The van der Waals surface area contributed by atoms with Crippen LogP contribution in [-0.2, 0) is 6.54 Å². The molecule has 0 unspecified atom stereocenters. The maximum Gasteiger partial charge on any atom is 0.123 e. The first-order valence-electron chi connectivity index (χ1n) is 5.56. The van der Waals surface area contributed by atoms with Gasteiger partial charge in [-0.1, -0.05) is 6.92 Å². The van der Waals surface area contributed by atoms with Gasteiger partial charge in [0.25, 0.3) is 0 Å². The maximum absolute atomic E-state index is 9.77. The van der Waals surface area contributed by atoms with Crippen molar-refractivity contribution in [3.8, 4) is 0 Å². The molecule has 3 N–H and O–H groups in total. The lowest BCUT2D eigenvalue weighted by Crippen LogP contribution is -2.38. The van der Waals surface area contributed by atoms with Crippen LogP contribution in [-0.4, -0.2) is 33.7 Å². The highest BCUT2D eigenvalue weighted by molar-refractivity contribution is 5.31. The number of rotatable bonds is 5. The number of likely N-dealkylation sites (N-methyl/N-ethyl adjacent to an activating group) is 1. The van der Waals surface area contributed by atoms with Crippen molar-refractivity contribution < 1.29 is 5.11 Å². The van der Waals surface area contributed by atoms with Gasteiger partial charge in [0.1, 0.15) is 5.82 Å². The summed E-state index contributed by atoms with van der Waals surface area (Å²) in [5.74, 6) is 0.539. The Morgan fingerprint density at radius 1 is 1.50 bits per heavy atom. The fourth-order valence-electron chi connectivity index (χ4n) is 1.68. The molecule has 16 heavy (non-hydrogen) atoms. The van der Waals surface area contributed by atoms with Crippen molar-refractivity contribution in [1.29, 1.82) is 0 Å². The Morgan fingerprint density at radius 3 is 2.69 bits per heavy atom. The summed E-state index contributed by atoms with van der Waals surface area (Å²) >= 11 is 0. The Balaban J connectivity index is 2.63. The van der Waals surface area contributed by atoms with E-state index in [9.17, 15) is 5.11 Å². The summed E-state index contributed by atoms with van der Waals surface area (Å²) in [6, 6.07) is 3.82. The van der Waals surface area contributed by atoms with E-state index in [2.05, 4.69) is 16.8 Å². The number of nitrogens with two attached hydrogens (primary N) is 1. The first kappa shape index (κ1) is 12.9. The van der Waals surface area contributed by atoms with Crippen molar-refractivity contribution in [2.24, 2.45) is 0 Å². The van der Waals surface area contributed by atoms with Crippen molar-refractivity contribution in [3.05, 3.63) is 23.9 Å². The molecule has 90 valence electrons. The van der Waals surface area contributed by atoms with Gasteiger partial charge in [0, 0.05) is 19.3 Å². The van der Waals surface area contributed by atoms with Gasteiger partial charge in [-0.15, -0.1) is 0 Å². The molecule has 1 heterocycles. The Labute approximate surface area is 97.1 Å². The van der Waals surface area contributed by atoms with Gasteiger partial charge < -0.3 is 10.8 Å². The number of nitrogens with zero attached hydrogens (tertiary/aromatic N) is 2. The molecule has 0 amide bonds. The minimum atomic E-state index is -0.672. The second-order valence-electron chi connectivity index (χ2n) is 4.70. The van der Waals surface area contributed by atoms with Crippen LogP contribution in [0, 0.1) is 0 Å². The summed E-state index contributed by atoms with van der Waals surface area (Å²) < 4.78 is 0. The van der Waals surface area contributed by atoms with Crippen molar-refractivity contribution in [2.45, 2.75) is 32.9 Å². The third-order valence-electron chi connectivity index (χ3n) is 2.31. The summed E-state index contributed by atoms with van der Waals surface area (Å²) in [7, 11) is 0. The van der Waals surface area contributed by atoms with Gasteiger partial charge in [0.15, 0.2) is 0 Å². The summed E-state index contributed by atoms with van der Waals surface area (Å²) in [5, 5.41) is 9.77. The average molecular weight is 223 g/mol. The Kier molecular flexibility index (Phi) is 4.26. The lowest BCUT2D eigenvalue weighted by molar-refractivity contribution is 0.0353. The van der Waals surface area contributed by atoms with E-state index in [-0.39, 0.29) is 0 Å². The molecule has 4 heteroatoms. The fourth-order valence-corrected chi connectivity index (χ4v) is 1.68. The van der Waals surface area contributed by atoms with Crippen molar-refractivity contribution >= 4 is 5.82 Å². The van der Waals surface area contributed by atoms with Crippen LogP contribution >= 0.6 is 0 Å². The highest BCUT2D eigenvalue weighted by atomic mass is 16.3. The van der Waals surface area contributed by atoms with Gasteiger partial charge in [-0.25, -0.2) is 4.98 Å². The Morgan fingerprint density at radius 2 is 2.19 bits per heavy atom. The number of hydrogen-bond acceptors (Lipinski definition) is 4. The molecule has 1 rings (SSSR count). The molecule has 0 spiro atoms. The van der Waals surface area contributed by atoms with Crippen LogP contribution in [0.3, 0.4) is 0 Å². The minimum Gasteiger partial charge on any atom is -0.389 e. The Bertz CT molecular complexity index is 333. The molecular formula is C12H21N3O. The van der Waals surface area contributed by atoms with Crippen LogP contribution in [0.5, 0.6) is 0 Å². The van der Waals surface area contributed by atoms with Gasteiger partial charge in [-0.3, -0.25) is 4.90 Å². The molecule has 0 fully saturated rings. The molecule has 0 radical (unpaired) electrons. The van der Waals surface area contributed by atoms with Gasteiger partial charge in [0.05, 0.1) is 5.60 Å². The van der Waals surface area contributed by atoms with Gasteiger partial charge >= 0.3 is 0 Å². The number of nitrogen functional groups attached to an aromatic ring is 1. The van der Waals surface area contributed by atoms with E-state index < -0.39 is 5.60 Å². The standard InChI is InChI=1S/C12H21N3O/c1-4-15(9-12(2,3)16)8-10-5-6-14-11(13)7-10/h5-7,16H,4,8-9H2,1-3H3,(H2,13,14). The first-order valence-corrected chi connectivity index (χ1v) is 5.56. The number of pyridine rings is 1. The van der Waals surface area contributed by atoms with Crippen LogP contribution < -0.4 is 5.73 Å². The first-order chi connectivity index (χ1) is 7.40. The zero-order chi connectivity index (χ0) is 12.2. The average Bonchev–Trinajstić information content (AvgIpc) is 2.14. The molecule has 1 aromatic rings. The molecule has 0 bridgehead atoms. The number of aromatic nitrogens is 1. The lowest BCUT2D eigenvalue weighted by atomic mass is 10.1. The highest BCUT2D eigenvalue weighted by Crippen LogP contribution is 2.10. The smallest absolute Gasteiger partial charge is 0.123 e. The van der Waals surface area contributed by atoms with Crippen molar-refractivity contribution in [1.82, 2.24) is 9.88 Å². The minimum absolute atomic E-state index is 0.539. The molecule has 4 nitrogen and oxygen atoms in total. The fraction of sp³-hybridized carbons (Fsp3) is 0.583. The molecule has 0 aliphatic carbocycles. The largest absolute Gasteiger partial charge is 0.389 e. The van der Waals surface area contributed by atoms with Crippen LogP contribution in [0.2, 0.25) is 0 Å². The van der Waals surface area contributed by atoms with Crippen LogP contribution in [0.4, 0.5) is 5.82 Å². The topological polar surface area (TPSA) is 62.4 Å². The predicted molar refractivity (Wildman–Crippen MR) is 65.9 cm³/mol. The normalized spacial score (nSPS) is 12.1. The second kappa shape index (κ2) is 5.27. The van der Waals surface area contributed by atoms with Crippen LogP contribution in [0.1, 0.15) is 26.3 Å². The summed E-state index contributed by atoms with van der Waals surface area (Å²) in [5.41, 5.74) is 6.08. The molecule has 0 atom stereocenters. The number of aliphatic hydroxyl groups is 1. The quantitative estimate of drug-likeness (QED) is 0.789. The van der Waals surface area contributed by atoms with E-state index in [1.807, 2.05) is 26.0 Å².